The molecule has 0 bridgehead atoms. The predicted molar refractivity (Wildman–Crippen MR) is 105 cm³/mol. The van der Waals surface area contributed by atoms with Crippen LogP contribution in [0.2, 0.25) is 0 Å². The number of nitrogens with zero attached hydrogens (tertiary/aromatic N) is 1. The molecule has 2 rings (SSSR count). The zero-order valence-electron chi connectivity index (χ0n) is 16.1. The van der Waals surface area contributed by atoms with Crippen molar-refractivity contribution >= 4 is 23.2 Å². The van der Waals surface area contributed by atoms with Crippen LogP contribution in [0.25, 0.3) is 0 Å². The maximum Gasteiger partial charge on any atom is 0.226 e. The zero-order chi connectivity index (χ0) is 19.3. The molecule has 0 radical (unpaired) electrons. The topological polar surface area (TPSA) is 58.6 Å². The zero-order valence-corrected chi connectivity index (χ0v) is 16.1. The number of nitrogens with one attached hydrogen (secondary N) is 1. The van der Waals surface area contributed by atoms with E-state index in [1.807, 2.05) is 57.2 Å². The number of carbonyl (C=O) groups excluding carboxylic acids is 2. The average Bonchev–Trinajstić information content (AvgIpc) is 2.58. The van der Waals surface area contributed by atoms with Gasteiger partial charge >= 0.3 is 0 Å². The minimum absolute atomic E-state index is 0.0837. The molecule has 0 atom stereocenters. The first-order chi connectivity index (χ1) is 12.3. The number of aryl methyl sites for hydroxylation is 2. The molecule has 0 unspecified atom stereocenters. The van der Waals surface area contributed by atoms with Crippen LogP contribution in [0, 0.1) is 20.8 Å². The van der Waals surface area contributed by atoms with E-state index in [0.717, 1.165) is 22.4 Å². The van der Waals surface area contributed by atoms with Crippen LogP contribution >= 0.6 is 0 Å². The van der Waals surface area contributed by atoms with Gasteiger partial charge in [-0.1, -0.05) is 18.2 Å². The molecule has 1 N–H and O–H groups in total. The summed E-state index contributed by atoms with van der Waals surface area (Å²) in [6.07, 6.45) is 0.198. The van der Waals surface area contributed by atoms with E-state index >= 15 is 0 Å². The van der Waals surface area contributed by atoms with Crippen LogP contribution in [0.15, 0.2) is 36.4 Å². The van der Waals surface area contributed by atoms with E-state index in [9.17, 15) is 9.59 Å². The lowest BCUT2D eigenvalue weighted by Gasteiger charge is -2.24. The van der Waals surface area contributed by atoms with E-state index in [1.165, 1.54) is 6.92 Å². The van der Waals surface area contributed by atoms with E-state index in [0.29, 0.717) is 18.0 Å². The number of benzene rings is 2. The van der Waals surface area contributed by atoms with Crippen molar-refractivity contribution in [2.45, 2.75) is 34.1 Å². The molecule has 0 saturated carbocycles. The van der Waals surface area contributed by atoms with Crippen LogP contribution in [0.3, 0.4) is 0 Å². The summed E-state index contributed by atoms with van der Waals surface area (Å²) >= 11 is 0. The fourth-order valence-electron chi connectivity index (χ4n) is 2.82. The van der Waals surface area contributed by atoms with Gasteiger partial charge in [0.1, 0.15) is 5.75 Å². The maximum atomic E-state index is 12.4. The van der Waals surface area contributed by atoms with Crippen molar-refractivity contribution in [2.24, 2.45) is 0 Å². The lowest BCUT2D eigenvalue weighted by Crippen LogP contribution is -2.32. The number of rotatable bonds is 6. The summed E-state index contributed by atoms with van der Waals surface area (Å²) in [6, 6.07) is 11.4. The summed E-state index contributed by atoms with van der Waals surface area (Å²) in [5, 5.41) is 2.87. The summed E-state index contributed by atoms with van der Waals surface area (Å²) in [5.74, 6) is 0.368. The second kappa shape index (κ2) is 8.52. The van der Waals surface area contributed by atoms with E-state index in [4.69, 9.17) is 4.74 Å². The predicted octanol–water partition coefficient (Wildman–Crippen LogP) is 4.00. The Bertz CT molecular complexity index is 815. The number of anilines is 2. The molecule has 0 heterocycles. The van der Waals surface area contributed by atoms with Crippen LogP contribution in [-0.2, 0) is 9.59 Å². The molecule has 2 amide bonds. The van der Waals surface area contributed by atoms with Crippen molar-refractivity contribution in [2.75, 3.05) is 23.9 Å². The van der Waals surface area contributed by atoms with Gasteiger partial charge in [0.05, 0.1) is 12.8 Å². The Morgan fingerprint density at radius 2 is 1.85 bits per heavy atom. The highest BCUT2D eigenvalue weighted by atomic mass is 16.5. The van der Waals surface area contributed by atoms with Gasteiger partial charge < -0.3 is 15.0 Å². The van der Waals surface area contributed by atoms with Gasteiger partial charge in [0.2, 0.25) is 11.8 Å². The summed E-state index contributed by atoms with van der Waals surface area (Å²) in [5.41, 5.74) is 4.67. The van der Waals surface area contributed by atoms with Crippen molar-refractivity contribution in [3.63, 3.8) is 0 Å². The van der Waals surface area contributed by atoms with E-state index in [1.54, 1.807) is 12.0 Å². The minimum atomic E-state index is -0.162. The van der Waals surface area contributed by atoms with Gasteiger partial charge in [0.25, 0.3) is 0 Å². The van der Waals surface area contributed by atoms with E-state index in [2.05, 4.69) is 5.32 Å². The van der Waals surface area contributed by atoms with Crippen molar-refractivity contribution in [3.05, 3.63) is 53.1 Å². The van der Waals surface area contributed by atoms with Gasteiger partial charge in [-0.3, -0.25) is 9.59 Å². The molecule has 0 aliphatic heterocycles. The Balaban J connectivity index is 2.10. The second-order valence-electron chi connectivity index (χ2n) is 6.39. The number of amides is 2. The molecule has 2 aromatic carbocycles. The first-order valence-electron chi connectivity index (χ1n) is 8.62. The Kier molecular flexibility index (Phi) is 6.39. The molecule has 0 fully saturated rings. The van der Waals surface area contributed by atoms with Crippen LogP contribution in [0.1, 0.15) is 30.0 Å². The molecular formula is C21H26N2O3. The fraction of sp³-hybridized carbons (Fsp3) is 0.333. The second-order valence-corrected chi connectivity index (χ2v) is 6.39. The van der Waals surface area contributed by atoms with Crippen LogP contribution in [0.5, 0.6) is 5.75 Å². The van der Waals surface area contributed by atoms with Gasteiger partial charge in [-0.05, 0) is 55.7 Å². The summed E-state index contributed by atoms with van der Waals surface area (Å²) in [4.78, 5) is 26.1. The van der Waals surface area contributed by atoms with Gasteiger partial charge in [-0.25, -0.2) is 0 Å². The van der Waals surface area contributed by atoms with Gasteiger partial charge in [-0.15, -0.1) is 0 Å². The minimum Gasteiger partial charge on any atom is -0.495 e. The smallest absolute Gasteiger partial charge is 0.226 e. The van der Waals surface area contributed by atoms with Gasteiger partial charge in [-0.2, -0.15) is 0 Å². The standard InChI is InChI=1S/C21H26N2O3/c1-14-9-10-20(26-5)18(13-14)22-21(25)11-12-23(17(4)24)19-8-6-7-15(2)16(19)3/h6-10,13H,11-12H2,1-5H3,(H,22,25). The molecule has 5 nitrogen and oxygen atoms in total. The monoisotopic (exact) mass is 354 g/mol. The SMILES string of the molecule is COc1ccc(C)cc1NC(=O)CCN(C(C)=O)c1cccc(C)c1C. The lowest BCUT2D eigenvalue weighted by atomic mass is 10.1. The number of hydrogen-bond acceptors (Lipinski definition) is 3. The molecule has 26 heavy (non-hydrogen) atoms. The molecule has 0 aliphatic rings. The molecule has 0 aromatic heterocycles. The third-order valence-corrected chi connectivity index (χ3v) is 4.44. The summed E-state index contributed by atoms with van der Waals surface area (Å²) in [6.45, 7) is 7.78. The Morgan fingerprint density at radius 3 is 2.50 bits per heavy atom. The Morgan fingerprint density at radius 1 is 1.12 bits per heavy atom. The largest absolute Gasteiger partial charge is 0.495 e. The number of carbonyl (C=O) groups is 2. The Labute approximate surface area is 155 Å². The highest BCUT2D eigenvalue weighted by molar-refractivity contribution is 5.96. The molecular weight excluding hydrogens is 328 g/mol. The number of hydrogen-bond donors (Lipinski definition) is 1. The molecule has 0 saturated heterocycles. The quantitative estimate of drug-likeness (QED) is 0.853. The van der Waals surface area contributed by atoms with E-state index in [-0.39, 0.29) is 18.2 Å². The number of methoxy groups -OCH3 is 1. The molecule has 2 aromatic rings. The third kappa shape index (κ3) is 4.63. The number of ether oxygens (including phenoxy) is 1. The van der Waals surface area contributed by atoms with Crippen molar-refractivity contribution in [1.82, 2.24) is 0 Å². The third-order valence-electron chi connectivity index (χ3n) is 4.44. The average molecular weight is 354 g/mol. The molecule has 0 aliphatic carbocycles. The first-order valence-corrected chi connectivity index (χ1v) is 8.62. The molecule has 0 spiro atoms. The molecule has 138 valence electrons. The van der Waals surface area contributed by atoms with Crippen molar-refractivity contribution in [3.8, 4) is 5.75 Å². The fourth-order valence-corrected chi connectivity index (χ4v) is 2.82. The summed E-state index contributed by atoms with van der Waals surface area (Å²) < 4.78 is 5.28. The first kappa shape index (κ1) is 19.5. The van der Waals surface area contributed by atoms with Crippen molar-refractivity contribution in [1.29, 1.82) is 0 Å². The van der Waals surface area contributed by atoms with Crippen LogP contribution in [-0.4, -0.2) is 25.5 Å². The van der Waals surface area contributed by atoms with Crippen LogP contribution < -0.4 is 15.0 Å². The van der Waals surface area contributed by atoms with Crippen LogP contribution in [0.4, 0.5) is 11.4 Å². The molecule has 5 heteroatoms. The Hall–Kier alpha value is -2.82. The normalized spacial score (nSPS) is 10.3. The maximum absolute atomic E-state index is 12.4. The van der Waals surface area contributed by atoms with E-state index < -0.39 is 0 Å². The van der Waals surface area contributed by atoms with Crippen molar-refractivity contribution < 1.29 is 14.3 Å². The van der Waals surface area contributed by atoms with Gasteiger partial charge in [0.15, 0.2) is 0 Å². The highest BCUT2D eigenvalue weighted by Gasteiger charge is 2.16. The highest BCUT2D eigenvalue weighted by Crippen LogP contribution is 2.26. The van der Waals surface area contributed by atoms with Gasteiger partial charge in [0, 0.05) is 25.6 Å². The summed E-state index contributed by atoms with van der Waals surface area (Å²) in [7, 11) is 1.57. The lowest BCUT2D eigenvalue weighted by molar-refractivity contribution is -0.117.